The molecule has 0 aromatic carbocycles. The molecule has 2 heteroatoms. The quantitative estimate of drug-likeness (QED) is 0.799. The van der Waals surface area contributed by atoms with Gasteiger partial charge in [0.25, 0.3) is 0 Å². The topological polar surface area (TPSA) is 29.5 Å². The van der Waals surface area contributed by atoms with Gasteiger partial charge < -0.3 is 9.84 Å². The first kappa shape index (κ1) is 13.4. The molecule has 0 spiro atoms. The molecular formula is C15H28O2. The van der Waals surface area contributed by atoms with E-state index in [9.17, 15) is 5.11 Å². The molecule has 4 atom stereocenters. The maximum Gasteiger partial charge on any atom is 0.0801 e. The van der Waals surface area contributed by atoms with Crippen LogP contribution >= 0.6 is 0 Å². The maximum absolute atomic E-state index is 9.89. The summed E-state index contributed by atoms with van der Waals surface area (Å²) in [6.07, 6.45) is 6.38. The predicted molar refractivity (Wildman–Crippen MR) is 69.8 cm³/mol. The monoisotopic (exact) mass is 240 g/mol. The molecule has 2 nitrogen and oxygen atoms in total. The van der Waals surface area contributed by atoms with Gasteiger partial charge in [-0.2, -0.15) is 0 Å². The summed E-state index contributed by atoms with van der Waals surface area (Å²) in [5, 5.41) is 9.89. The van der Waals surface area contributed by atoms with Gasteiger partial charge in [0.15, 0.2) is 0 Å². The highest BCUT2D eigenvalue weighted by Crippen LogP contribution is 2.37. The minimum Gasteiger partial charge on any atom is -0.390 e. The van der Waals surface area contributed by atoms with Gasteiger partial charge >= 0.3 is 0 Å². The van der Waals surface area contributed by atoms with Crippen molar-refractivity contribution in [1.29, 1.82) is 0 Å². The van der Waals surface area contributed by atoms with Crippen LogP contribution in [0.3, 0.4) is 0 Å². The molecule has 0 bridgehead atoms. The molecule has 2 fully saturated rings. The fourth-order valence-corrected chi connectivity index (χ4v) is 3.15. The molecule has 0 aromatic heterocycles. The Hall–Kier alpha value is -0.0800. The SMILES string of the molecule is CC1CCC(C(C)C)C(OCC(O)C2CC2)C1. The van der Waals surface area contributed by atoms with Crippen LogP contribution in [0.2, 0.25) is 0 Å². The lowest BCUT2D eigenvalue weighted by Crippen LogP contribution is -2.36. The lowest BCUT2D eigenvalue weighted by atomic mass is 9.75. The molecule has 2 saturated carbocycles. The van der Waals surface area contributed by atoms with Crippen molar-refractivity contribution in [2.75, 3.05) is 6.61 Å². The number of aliphatic hydroxyl groups excluding tert-OH is 1. The third kappa shape index (κ3) is 3.69. The Balaban J connectivity index is 1.81. The van der Waals surface area contributed by atoms with Crippen molar-refractivity contribution in [1.82, 2.24) is 0 Å². The fraction of sp³-hybridized carbons (Fsp3) is 1.00. The van der Waals surface area contributed by atoms with Crippen LogP contribution in [0.4, 0.5) is 0 Å². The summed E-state index contributed by atoms with van der Waals surface area (Å²) in [6, 6.07) is 0. The van der Waals surface area contributed by atoms with Crippen LogP contribution in [0.1, 0.15) is 52.9 Å². The second-order valence-electron chi connectivity index (χ2n) is 6.60. The first-order valence-corrected chi connectivity index (χ1v) is 7.37. The Bertz CT molecular complexity index is 235. The van der Waals surface area contributed by atoms with E-state index in [-0.39, 0.29) is 6.10 Å². The van der Waals surface area contributed by atoms with Gasteiger partial charge in [-0.3, -0.25) is 0 Å². The van der Waals surface area contributed by atoms with Crippen LogP contribution in [-0.4, -0.2) is 23.9 Å². The van der Waals surface area contributed by atoms with Crippen molar-refractivity contribution in [3.8, 4) is 0 Å². The molecule has 100 valence electrons. The van der Waals surface area contributed by atoms with Crippen LogP contribution < -0.4 is 0 Å². The third-order valence-corrected chi connectivity index (χ3v) is 4.61. The lowest BCUT2D eigenvalue weighted by Gasteiger charge is -2.37. The highest BCUT2D eigenvalue weighted by atomic mass is 16.5. The van der Waals surface area contributed by atoms with Gasteiger partial charge in [-0.15, -0.1) is 0 Å². The molecule has 4 unspecified atom stereocenters. The standard InChI is InChI=1S/C15H28O2/c1-10(2)13-7-4-11(3)8-15(13)17-9-14(16)12-5-6-12/h10-16H,4-9H2,1-3H3. The smallest absolute Gasteiger partial charge is 0.0801 e. The maximum atomic E-state index is 9.89. The Kier molecular flexibility index (Phi) is 4.48. The Morgan fingerprint density at radius 2 is 1.88 bits per heavy atom. The lowest BCUT2D eigenvalue weighted by molar-refractivity contribution is -0.0728. The highest BCUT2D eigenvalue weighted by Gasteiger charge is 2.34. The number of aliphatic hydroxyl groups is 1. The summed E-state index contributed by atoms with van der Waals surface area (Å²) in [7, 11) is 0. The molecule has 0 aromatic rings. The molecule has 2 aliphatic carbocycles. The van der Waals surface area contributed by atoms with Crippen molar-refractivity contribution < 1.29 is 9.84 Å². The van der Waals surface area contributed by atoms with E-state index in [1.165, 1.54) is 32.1 Å². The van der Waals surface area contributed by atoms with Crippen LogP contribution in [0.25, 0.3) is 0 Å². The normalized spacial score (nSPS) is 36.2. The molecule has 2 aliphatic rings. The van der Waals surface area contributed by atoms with E-state index in [4.69, 9.17) is 4.74 Å². The number of hydrogen-bond donors (Lipinski definition) is 1. The van der Waals surface area contributed by atoms with Crippen molar-refractivity contribution in [3.05, 3.63) is 0 Å². The Morgan fingerprint density at radius 3 is 2.47 bits per heavy atom. The summed E-state index contributed by atoms with van der Waals surface area (Å²) in [5.74, 6) is 2.71. The predicted octanol–water partition coefficient (Wildman–Crippen LogP) is 3.23. The minimum atomic E-state index is -0.208. The zero-order chi connectivity index (χ0) is 12.4. The van der Waals surface area contributed by atoms with Crippen molar-refractivity contribution >= 4 is 0 Å². The average molecular weight is 240 g/mol. The molecule has 0 heterocycles. The van der Waals surface area contributed by atoms with Crippen LogP contribution in [0.15, 0.2) is 0 Å². The Labute approximate surface area is 106 Å². The molecule has 0 saturated heterocycles. The number of hydrogen-bond acceptors (Lipinski definition) is 2. The third-order valence-electron chi connectivity index (χ3n) is 4.61. The van der Waals surface area contributed by atoms with Gasteiger partial charge in [0.2, 0.25) is 0 Å². The van der Waals surface area contributed by atoms with Gasteiger partial charge in [-0.05, 0) is 49.4 Å². The van der Waals surface area contributed by atoms with E-state index in [0.717, 1.165) is 5.92 Å². The van der Waals surface area contributed by atoms with E-state index in [1.807, 2.05) is 0 Å². The van der Waals surface area contributed by atoms with Gasteiger partial charge in [0, 0.05) is 0 Å². The van der Waals surface area contributed by atoms with Crippen LogP contribution in [0.5, 0.6) is 0 Å². The molecule has 2 rings (SSSR count). The first-order chi connectivity index (χ1) is 8.08. The average Bonchev–Trinajstić information content (AvgIpc) is 3.09. The zero-order valence-corrected chi connectivity index (χ0v) is 11.6. The van der Waals surface area contributed by atoms with E-state index in [1.54, 1.807) is 0 Å². The zero-order valence-electron chi connectivity index (χ0n) is 11.6. The van der Waals surface area contributed by atoms with Crippen molar-refractivity contribution in [2.45, 2.75) is 65.1 Å². The van der Waals surface area contributed by atoms with Crippen molar-refractivity contribution in [3.63, 3.8) is 0 Å². The molecule has 1 N–H and O–H groups in total. The summed E-state index contributed by atoms with van der Waals surface area (Å²) in [4.78, 5) is 0. The summed E-state index contributed by atoms with van der Waals surface area (Å²) >= 11 is 0. The number of rotatable bonds is 5. The van der Waals surface area contributed by atoms with E-state index < -0.39 is 0 Å². The molecule has 0 aliphatic heterocycles. The summed E-state index contributed by atoms with van der Waals surface area (Å²) in [6.45, 7) is 7.48. The fourth-order valence-electron chi connectivity index (χ4n) is 3.15. The van der Waals surface area contributed by atoms with Crippen molar-refractivity contribution in [2.24, 2.45) is 23.7 Å². The van der Waals surface area contributed by atoms with E-state index >= 15 is 0 Å². The molecule has 0 radical (unpaired) electrons. The van der Waals surface area contributed by atoms with Crippen LogP contribution in [-0.2, 0) is 4.74 Å². The van der Waals surface area contributed by atoms with Gasteiger partial charge in [0.1, 0.15) is 0 Å². The largest absolute Gasteiger partial charge is 0.390 e. The van der Waals surface area contributed by atoms with Gasteiger partial charge in [0.05, 0.1) is 18.8 Å². The highest BCUT2D eigenvalue weighted by molar-refractivity contribution is 4.84. The van der Waals surface area contributed by atoms with E-state index in [2.05, 4.69) is 20.8 Å². The molecule has 0 amide bonds. The van der Waals surface area contributed by atoms with Gasteiger partial charge in [-0.1, -0.05) is 27.2 Å². The second-order valence-corrected chi connectivity index (χ2v) is 6.60. The molecule has 17 heavy (non-hydrogen) atoms. The van der Waals surface area contributed by atoms with Gasteiger partial charge in [-0.25, -0.2) is 0 Å². The summed E-state index contributed by atoms with van der Waals surface area (Å²) < 4.78 is 6.04. The minimum absolute atomic E-state index is 0.208. The Morgan fingerprint density at radius 1 is 1.18 bits per heavy atom. The first-order valence-electron chi connectivity index (χ1n) is 7.37. The summed E-state index contributed by atoms with van der Waals surface area (Å²) in [5.41, 5.74) is 0. The van der Waals surface area contributed by atoms with Crippen LogP contribution in [0, 0.1) is 23.7 Å². The number of ether oxygens (including phenoxy) is 1. The van der Waals surface area contributed by atoms with E-state index in [0.29, 0.717) is 30.5 Å². The molecular weight excluding hydrogens is 212 g/mol. The second kappa shape index (κ2) is 5.71.